The van der Waals surface area contributed by atoms with Crippen LogP contribution in [-0.2, 0) is 33.3 Å². The van der Waals surface area contributed by atoms with E-state index in [0.29, 0.717) is 36.3 Å². The van der Waals surface area contributed by atoms with Crippen molar-refractivity contribution in [2.75, 3.05) is 16.4 Å². The van der Waals surface area contributed by atoms with Crippen LogP contribution in [0.25, 0.3) is 10.8 Å². The molecule has 2 aliphatic heterocycles. The minimum atomic E-state index is -2.89. The van der Waals surface area contributed by atoms with E-state index in [9.17, 15) is 18.0 Å². The standard InChI is InChI=1S/C28H27N5O4S/c29-27-23-10-8-22(14-19(23)12-13-30-27)33-26-18-6-4-17(5-7-18)2-1-3-25(34)32-21-9-11-24(38(36)37)20(15-21)16-31-28(26)35/h4-15,26,33,38H,1-3,16H2,(H2,29,30)(H,31,35)(H,32,34)/t26-/m1/s1. The minimum absolute atomic E-state index is 0.0304. The number of fused-ring (bicyclic) bond motifs is 10. The first-order valence-corrected chi connectivity index (χ1v) is 13.4. The van der Waals surface area contributed by atoms with E-state index in [-0.39, 0.29) is 23.3 Å². The molecule has 3 heterocycles. The molecule has 1 atom stereocenters. The zero-order chi connectivity index (χ0) is 26.6. The van der Waals surface area contributed by atoms with Crippen molar-refractivity contribution in [3.63, 3.8) is 0 Å². The summed E-state index contributed by atoms with van der Waals surface area (Å²) in [5.74, 6) is -0.0566. The summed E-state index contributed by atoms with van der Waals surface area (Å²) in [4.78, 5) is 30.1. The molecule has 10 heteroatoms. The predicted molar refractivity (Wildman–Crippen MR) is 147 cm³/mol. The normalized spacial score (nSPS) is 16.3. The van der Waals surface area contributed by atoms with Gasteiger partial charge in [0.25, 0.3) is 0 Å². The highest BCUT2D eigenvalue weighted by Crippen LogP contribution is 2.27. The highest BCUT2D eigenvalue weighted by atomic mass is 32.2. The van der Waals surface area contributed by atoms with Crippen LogP contribution in [-0.4, -0.2) is 25.2 Å². The Bertz CT molecular complexity index is 1590. The average Bonchev–Trinajstić information content (AvgIpc) is 2.90. The van der Waals surface area contributed by atoms with Crippen molar-refractivity contribution in [3.05, 3.63) is 89.6 Å². The van der Waals surface area contributed by atoms with Gasteiger partial charge in [-0.25, -0.2) is 13.4 Å². The number of nitrogens with two attached hydrogens (primary N) is 1. The number of benzene rings is 3. The molecule has 0 spiro atoms. The topological polar surface area (TPSA) is 143 Å². The first-order valence-electron chi connectivity index (χ1n) is 12.2. The van der Waals surface area contributed by atoms with Crippen LogP contribution >= 0.6 is 0 Å². The minimum Gasteiger partial charge on any atom is -0.383 e. The molecule has 194 valence electrons. The molecule has 0 unspecified atom stereocenters. The molecule has 0 saturated heterocycles. The Balaban J connectivity index is 1.50. The van der Waals surface area contributed by atoms with E-state index in [2.05, 4.69) is 20.9 Å². The summed E-state index contributed by atoms with van der Waals surface area (Å²) in [7, 11) is -2.89. The van der Waals surface area contributed by atoms with Gasteiger partial charge in [-0.1, -0.05) is 24.3 Å². The number of hydrogen-bond acceptors (Lipinski definition) is 7. The Labute approximate surface area is 221 Å². The molecule has 3 aromatic carbocycles. The molecule has 2 aliphatic rings. The van der Waals surface area contributed by atoms with Gasteiger partial charge in [-0.3, -0.25) is 9.59 Å². The van der Waals surface area contributed by atoms with E-state index in [0.717, 1.165) is 27.6 Å². The van der Waals surface area contributed by atoms with Crippen LogP contribution in [0.15, 0.2) is 77.8 Å². The molecule has 1 aromatic heterocycles. The number of pyridine rings is 1. The Morgan fingerprint density at radius 3 is 2.55 bits per heavy atom. The van der Waals surface area contributed by atoms with Crippen molar-refractivity contribution >= 4 is 50.5 Å². The van der Waals surface area contributed by atoms with Crippen molar-refractivity contribution < 1.29 is 18.0 Å². The van der Waals surface area contributed by atoms with E-state index < -0.39 is 16.7 Å². The number of nitrogens with one attached hydrogen (secondary N) is 3. The van der Waals surface area contributed by atoms with Gasteiger partial charge in [0.05, 0.1) is 4.90 Å². The van der Waals surface area contributed by atoms with Gasteiger partial charge >= 0.3 is 0 Å². The first kappa shape index (κ1) is 25.2. The molecule has 2 amide bonds. The van der Waals surface area contributed by atoms with Gasteiger partial charge in [-0.2, -0.15) is 0 Å². The summed E-state index contributed by atoms with van der Waals surface area (Å²) in [5, 5.41) is 10.7. The number of hydrogen-bond donors (Lipinski definition) is 5. The quantitative estimate of drug-likeness (QED) is 0.256. The number of aryl methyl sites for hydroxylation is 1. The van der Waals surface area contributed by atoms with Crippen LogP contribution in [0.3, 0.4) is 0 Å². The molecule has 38 heavy (non-hydrogen) atoms. The summed E-state index contributed by atoms with van der Waals surface area (Å²) >= 11 is 0. The maximum absolute atomic E-state index is 13.5. The third-order valence-corrected chi connectivity index (χ3v) is 7.39. The lowest BCUT2D eigenvalue weighted by molar-refractivity contribution is -0.122. The summed E-state index contributed by atoms with van der Waals surface area (Å²) in [6, 6.07) is 19.0. The molecule has 0 fully saturated rings. The SMILES string of the molecule is Nc1nccc2cc(N[C@H]3C(=O)NCc4cc(ccc4[SH](=O)=O)NC(=O)CCCc4ccc3cc4)ccc12. The number of nitrogen functional groups attached to an aromatic ring is 1. The van der Waals surface area contributed by atoms with Gasteiger partial charge in [0.15, 0.2) is 10.7 Å². The largest absolute Gasteiger partial charge is 0.383 e. The molecule has 4 aromatic rings. The van der Waals surface area contributed by atoms with Crippen LogP contribution in [0.4, 0.5) is 17.2 Å². The van der Waals surface area contributed by atoms with Gasteiger partial charge < -0.3 is 21.7 Å². The molecule has 4 bridgehead atoms. The van der Waals surface area contributed by atoms with Crippen LogP contribution in [0, 0.1) is 0 Å². The Hall–Kier alpha value is -4.44. The van der Waals surface area contributed by atoms with Crippen molar-refractivity contribution in [2.24, 2.45) is 0 Å². The second-order valence-electron chi connectivity index (χ2n) is 9.17. The molecule has 9 nitrogen and oxygen atoms in total. The average molecular weight is 530 g/mol. The van der Waals surface area contributed by atoms with Crippen molar-refractivity contribution in [1.82, 2.24) is 10.3 Å². The lowest BCUT2D eigenvalue weighted by atomic mass is 10.0. The number of aromatic nitrogens is 1. The number of carbonyl (C=O) groups excluding carboxylic acids is 2. The predicted octanol–water partition coefficient (Wildman–Crippen LogP) is 3.53. The highest BCUT2D eigenvalue weighted by Gasteiger charge is 2.22. The number of anilines is 3. The summed E-state index contributed by atoms with van der Waals surface area (Å²) in [6.07, 6.45) is 3.32. The van der Waals surface area contributed by atoms with E-state index in [1.54, 1.807) is 18.3 Å². The lowest BCUT2D eigenvalue weighted by Crippen LogP contribution is -2.33. The van der Waals surface area contributed by atoms with Crippen molar-refractivity contribution in [2.45, 2.75) is 36.7 Å². The lowest BCUT2D eigenvalue weighted by Gasteiger charge is -2.21. The van der Waals surface area contributed by atoms with Gasteiger partial charge in [-0.05, 0) is 77.4 Å². The first-order chi connectivity index (χ1) is 18.4. The molecule has 0 saturated carbocycles. The maximum atomic E-state index is 13.5. The van der Waals surface area contributed by atoms with E-state index >= 15 is 0 Å². The zero-order valence-corrected chi connectivity index (χ0v) is 21.3. The smallest absolute Gasteiger partial charge is 0.247 e. The van der Waals surface area contributed by atoms with Gasteiger partial charge in [0.2, 0.25) is 11.8 Å². The Morgan fingerprint density at radius 1 is 0.947 bits per heavy atom. The van der Waals surface area contributed by atoms with Crippen molar-refractivity contribution in [3.8, 4) is 0 Å². The third kappa shape index (κ3) is 5.60. The Morgan fingerprint density at radius 2 is 1.76 bits per heavy atom. The number of thiol groups is 1. The maximum Gasteiger partial charge on any atom is 0.247 e. The molecular formula is C28H27N5O4S. The molecule has 6 rings (SSSR count). The second kappa shape index (κ2) is 10.9. The second-order valence-corrected chi connectivity index (χ2v) is 10.2. The van der Waals surface area contributed by atoms with Crippen molar-refractivity contribution in [1.29, 1.82) is 0 Å². The molecule has 0 radical (unpaired) electrons. The number of nitrogens with zero attached hydrogens (tertiary/aromatic N) is 1. The third-order valence-electron chi connectivity index (χ3n) is 6.56. The number of carbonyl (C=O) groups is 2. The summed E-state index contributed by atoms with van der Waals surface area (Å²) in [5.41, 5.74) is 9.38. The van der Waals surface area contributed by atoms with Crippen LogP contribution < -0.4 is 21.7 Å². The van der Waals surface area contributed by atoms with Crippen LogP contribution in [0.5, 0.6) is 0 Å². The summed E-state index contributed by atoms with van der Waals surface area (Å²) < 4.78 is 23.7. The fraction of sp³-hybridized carbons (Fsp3) is 0.179. The van der Waals surface area contributed by atoms with E-state index in [4.69, 9.17) is 5.73 Å². The number of rotatable bonds is 3. The fourth-order valence-corrected chi connectivity index (χ4v) is 5.15. The zero-order valence-electron chi connectivity index (χ0n) is 20.4. The van der Waals surface area contributed by atoms with E-state index in [1.165, 1.54) is 6.07 Å². The molecule has 0 aliphatic carbocycles. The molecular weight excluding hydrogens is 502 g/mol. The van der Waals surface area contributed by atoms with E-state index in [1.807, 2.05) is 48.5 Å². The molecule has 5 N–H and O–H groups in total. The monoisotopic (exact) mass is 529 g/mol. The van der Waals surface area contributed by atoms with Gasteiger partial charge in [-0.15, -0.1) is 0 Å². The number of amides is 2. The highest BCUT2D eigenvalue weighted by molar-refractivity contribution is 7.72. The van der Waals surface area contributed by atoms with Crippen LogP contribution in [0.2, 0.25) is 0 Å². The van der Waals surface area contributed by atoms with Gasteiger partial charge in [0.1, 0.15) is 11.9 Å². The fourth-order valence-electron chi connectivity index (χ4n) is 4.58. The Kier molecular flexibility index (Phi) is 7.23. The van der Waals surface area contributed by atoms with Crippen LogP contribution in [0.1, 0.15) is 35.6 Å². The van der Waals surface area contributed by atoms with Gasteiger partial charge in [0, 0.05) is 35.9 Å². The summed E-state index contributed by atoms with van der Waals surface area (Å²) in [6.45, 7) is -0.0304.